The normalized spacial score (nSPS) is 11.8. The summed E-state index contributed by atoms with van der Waals surface area (Å²) < 4.78 is 15.6. The summed E-state index contributed by atoms with van der Waals surface area (Å²) >= 11 is 0. The fourth-order valence-electron chi connectivity index (χ4n) is 1.81. The topological polar surface area (TPSA) is 91.0 Å². The minimum absolute atomic E-state index is 0.282. The molecule has 1 atom stereocenters. The van der Waals surface area contributed by atoms with Gasteiger partial charge in [-0.05, 0) is 18.6 Å². The van der Waals surface area contributed by atoms with Crippen LogP contribution in [0, 0.1) is 6.92 Å². The summed E-state index contributed by atoms with van der Waals surface area (Å²) in [7, 11) is 4.37. The maximum atomic E-state index is 11.0. The molecule has 0 aromatic heterocycles. The fourth-order valence-corrected chi connectivity index (χ4v) is 1.81. The first-order valence-electron chi connectivity index (χ1n) is 5.25. The Bertz CT molecular complexity index is 458. The maximum absolute atomic E-state index is 11.0. The molecule has 0 fully saturated rings. The number of ether oxygens (including phenoxy) is 3. The molecule has 1 aromatic carbocycles. The second-order valence-corrected chi connectivity index (χ2v) is 3.69. The Morgan fingerprint density at radius 2 is 1.78 bits per heavy atom. The van der Waals surface area contributed by atoms with Gasteiger partial charge in [0.2, 0.25) is 5.75 Å². The molecule has 0 heterocycles. The summed E-state index contributed by atoms with van der Waals surface area (Å²) in [5.74, 6) is -0.0571. The first-order valence-corrected chi connectivity index (χ1v) is 5.25. The third-order valence-corrected chi connectivity index (χ3v) is 2.65. The Kier molecular flexibility index (Phi) is 4.38. The lowest BCUT2D eigenvalue weighted by molar-refractivity contribution is -0.138. The second-order valence-electron chi connectivity index (χ2n) is 3.69. The molecule has 0 aliphatic rings. The number of rotatable bonds is 5. The van der Waals surface area contributed by atoms with Crippen molar-refractivity contribution in [3.8, 4) is 17.2 Å². The van der Waals surface area contributed by atoms with E-state index in [1.807, 2.05) is 0 Å². The number of hydrogen-bond donors (Lipinski definition) is 2. The summed E-state index contributed by atoms with van der Waals surface area (Å²) in [4.78, 5) is 11.0. The van der Waals surface area contributed by atoms with Gasteiger partial charge in [0.25, 0.3) is 0 Å². The van der Waals surface area contributed by atoms with Crippen LogP contribution in [0.25, 0.3) is 0 Å². The van der Waals surface area contributed by atoms with Gasteiger partial charge in [-0.2, -0.15) is 0 Å². The van der Waals surface area contributed by atoms with Crippen LogP contribution in [0.1, 0.15) is 17.2 Å². The molecular weight excluding hydrogens is 238 g/mol. The van der Waals surface area contributed by atoms with E-state index in [1.165, 1.54) is 21.3 Å². The van der Waals surface area contributed by atoms with Gasteiger partial charge >= 0.3 is 5.97 Å². The van der Waals surface area contributed by atoms with E-state index in [1.54, 1.807) is 13.0 Å². The van der Waals surface area contributed by atoms with Crippen molar-refractivity contribution >= 4 is 5.97 Å². The van der Waals surface area contributed by atoms with Crippen molar-refractivity contribution < 1.29 is 24.1 Å². The van der Waals surface area contributed by atoms with Crippen molar-refractivity contribution in [3.63, 3.8) is 0 Å². The average Bonchev–Trinajstić information content (AvgIpc) is 2.36. The van der Waals surface area contributed by atoms with E-state index in [9.17, 15) is 4.79 Å². The molecule has 0 saturated carbocycles. The van der Waals surface area contributed by atoms with E-state index >= 15 is 0 Å². The Morgan fingerprint density at radius 1 is 1.22 bits per heavy atom. The first-order chi connectivity index (χ1) is 8.47. The quantitative estimate of drug-likeness (QED) is 0.818. The summed E-state index contributed by atoms with van der Waals surface area (Å²) in [6.45, 7) is 1.74. The van der Waals surface area contributed by atoms with E-state index in [0.29, 0.717) is 22.6 Å². The lowest BCUT2D eigenvalue weighted by Crippen LogP contribution is -2.22. The van der Waals surface area contributed by atoms with E-state index in [4.69, 9.17) is 25.1 Å². The van der Waals surface area contributed by atoms with Crippen LogP contribution in [0.2, 0.25) is 0 Å². The van der Waals surface area contributed by atoms with Gasteiger partial charge < -0.3 is 25.1 Å². The number of hydrogen-bond acceptors (Lipinski definition) is 5. The van der Waals surface area contributed by atoms with Crippen LogP contribution in [-0.2, 0) is 4.79 Å². The van der Waals surface area contributed by atoms with Crippen LogP contribution in [0.15, 0.2) is 6.07 Å². The molecule has 0 unspecified atom stereocenters. The molecule has 18 heavy (non-hydrogen) atoms. The van der Waals surface area contributed by atoms with E-state index in [-0.39, 0.29) is 5.75 Å². The average molecular weight is 255 g/mol. The molecular formula is C12H17NO5. The van der Waals surface area contributed by atoms with Gasteiger partial charge in [0, 0.05) is 5.56 Å². The van der Waals surface area contributed by atoms with Gasteiger partial charge in [-0.15, -0.1) is 0 Å². The number of carboxylic acid groups (broad SMARTS) is 1. The van der Waals surface area contributed by atoms with Gasteiger partial charge in [-0.3, -0.25) is 4.79 Å². The SMILES string of the molecule is COc1cc(C)c([C@H](N)C(=O)O)c(OC)c1OC. The predicted molar refractivity (Wildman–Crippen MR) is 65.4 cm³/mol. The van der Waals surface area contributed by atoms with Gasteiger partial charge in [0.1, 0.15) is 6.04 Å². The minimum Gasteiger partial charge on any atom is -0.493 e. The second kappa shape index (κ2) is 5.59. The van der Waals surface area contributed by atoms with Crippen LogP contribution < -0.4 is 19.9 Å². The van der Waals surface area contributed by atoms with E-state index in [0.717, 1.165) is 0 Å². The zero-order valence-corrected chi connectivity index (χ0v) is 10.8. The molecule has 0 aliphatic carbocycles. The molecule has 3 N–H and O–H groups in total. The Labute approximate surface area is 105 Å². The Morgan fingerprint density at radius 3 is 2.17 bits per heavy atom. The molecule has 1 rings (SSSR count). The number of aryl methyl sites for hydroxylation is 1. The van der Waals surface area contributed by atoms with Crippen molar-refractivity contribution in [1.82, 2.24) is 0 Å². The molecule has 100 valence electrons. The highest BCUT2D eigenvalue weighted by atomic mass is 16.5. The molecule has 1 aromatic rings. The third kappa shape index (κ3) is 2.33. The van der Waals surface area contributed by atoms with Gasteiger partial charge in [0.15, 0.2) is 11.5 Å². The third-order valence-electron chi connectivity index (χ3n) is 2.65. The lowest BCUT2D eigenvalue weighted by atomic mass is 9.99. The van der Waals surface area contributed by atoms with Crippen molar-refractivity contribution in [3.05, 3.63) is 17.2 Å². The van der Waals surface area contributed by atoms with Crippen molar-refractivity contribution in [2.24, 2.45) is 5.73 Å². The van der Waals surface area contributed by atoms with E-state index in [2.05, 4.69) is 0 Å². The van der Waals surface area contributed by atoms with Crippen molar-refractivity contribution in [2.75, 3.05) is 21.3 Å². The largest absolute Gasteiger partial charge is 0.493 e. The number of methoxy groups -OCH3 is 3. The summed E-state index contributed by atoms with van der Waals surface area (Å²) in [5.41, 5.74) is 6.70. The zero-order chi connectivity index (χ0) is 13.9. The van der Waals surface area contributed by atoms with Crippen LogP contribution in [0.3, 0.4) is 0 Å². The Balaban J connectivity index is 3.55. The molecule has 0 amide bonds. The van der Waals surface area contributed by atoms with Crippen LogP contribution in [0.5, 0.6) is 17.2 Å². The van der Waals surface area contributed by atoms with Gasteiger partial charge in [-0.1, -0.05) is 0 Å². The van der Waals surface area contributed by atoms with Crippen molar-refractivity contribution in [2.45, 2.75) is 13.0 Å². The number of carboxylic acids is 1. The Hall–Kier alpha value is -1.95. The predicted octanol–water partition coefficient (Wildman–Crippen LogP) is 1.11. The summed E-state index contributed by atoms with van der Waals surface area (Å²) in [6, 6.07) is 0.485. The van der Waals surface area contributed by atoms with Crippen LogP contribution in [0.4, 0.5) is 0 Å². The number of carbonyl (C=O) groups is 1. The monoisotopic (exact) mass is 255 g/mol. The lowest BCUT2D eigenvalue weighted by Gasteiger charge is -2.20. The smallest absolute Gasteiger partial charge is 0.325 e. The standard InChI is InChI=1S/C12H17NO5/c1-6-5-7(16-2)10(17-3)11(18-4)8(6)9(13)12(14)15/h5,9H,13H2,1-4H3,(H,14,15)/t9-/m0/s1. The van der Waals surface area contributed by atoms with Crippen LogP contribution in [-0.4, -0.2) is 32.4 Å². The van der Waals surface area contributed by atoms with Gasteiger partial charge in [-0.25, -0.2) is 0 Å². The first kappa shape index (κ1) is 14.1. The molecule has 0 bridgehead atoms. The molecule has 0 aliphatic heterocycles. The summed E-state index contributed by atoms with van der Waals surface area (Å²) in [6.07, 6.45) is 0. The molecule has 6 heteroatoms. The molecule has 6 nitrogen and oxygen atoms in total. The highest BCUT2D eigenvalue weighted by molar-refractivity contribution is 5.78. The molecule has 0 spiro atoms. The summed E-state index contributed by atoms with van der Waals surface area (Å²) in [5, 5.41) is 9.02. The van der Waals surface area contributed by atoms with Crippen LogP contribution >= 0.6 is 0 Å². The fraction of sp³-hybridized carbons (Fsp3) is 0.417. The zero-order valence-electron chi connectivity index (χ0n) is 10.8. The van der Waals surface area contributed by atoms with Gasteiger partial charge in [0.05, 0.1) is 21.3 Å². The number of aliphatic carboxylic acids is 1. The highest BCUT2D eigenvalue weighted by Gasteiger charge is 2.26. The highest BCUT2D eigenvalue weighted by Crippen LogP contribution is 2.43. The molecule has 0 radical (unpaired) electrons. The van der Waals surface area contributed by atoms with E-state index < -0.39 is 12.0 Å². The molecule has 0 saturated heterocycles. The van der Waals surface area contributed by atoms with Crippen molar-refractivity contribution in [1.29, 1.82) is 0 Å². The minimum atomic E-state index is -1.18. The number of benzene rings is 1. The maximum Gasteiger partial charge on any atom is 0.325 e. The number of nitrogens with two attached hydrogens (primary N) is 1.